The second-order valence-corrected chi connectivity index (χ2v) is 5.28. The van der Waals surface area contributed by atoms with Crippen molar-refractivity contribution in [3.05, 3.63) is 64.7 Å². The first-order valence-corrected chi connectivity index (χ1v) is 6.81. The van der Waals surface area contributed by atoms with E-state index in [0.29, 0.717) is 11.5 Å². The Bertz CT molecular complexity index is 664. The molecule has 0 saturated heterocycles. The Kier molecular flexibility index (Phi) is 3.18. The van der Waals surface area contributed by atoms with Crippen molar-refractivity contribution >= 4 is 11.7 Å². The number of rotatable bonds is 4. The second-order valence-electron chi connectivity index (χ2n) is 5.28. The van der Waals surface area contributed by atoms with Crippen molar-refractivity contribution in [1.29, 1.82) is 0 Å². The number of para-hydroxylation sites is 1. The minimum Gasteiger partial charge on any atom is -0.478 e. The maximum Gasteiger partial charge on any atom is 0.337 e. The van der Waals surface area contributed by atoms with Crippen molar-refractivity contribution in [2.75, 3.05) is 11.9 Å². The Labute approximate surface area is 118 Å². The minimum atomic E-state index is -0.884. The maximum atomic E-state index is 11.3. The molecule has 20 heavy (non-hydrogen) atoms. The third-order valence-electron chi connectivity index (χ3n) is 3.99. The van der Waals surface area contributed by atoms with Crippen molar-refractivity contribution in [1.82, 2.24) is 0 Å². The summed E-state index contributed by atoms with van der Waals surface area (Å²) in [6, 6.07) is 13.8. The normalized spacial score (nSPS) is 16.1. The van der Waals surface area contributed by atoms with E-state index >= 15 is 0 Å². The van der Waals surface area contributed by atoms with Gasteiger partial charge in [-0.2, -0.15) is 0 Å². The lowest BCUT2D eigenvalue weighted by atomic mass is 9.77. The molecule has 0 heterocycles. The molecule has 0 fully saturated rings. The molecular formula is C17H17NO2. The molecule has 0 bridgehead atoms. The lowest BCUT2D eigenvalue weighted by Crippen LogP contribution is -2.25. The monoisotopic (exact) mass is 267 g/mol. The van der Waals surface area contributed by atoms with Gasteiger partial charge in [-0.15, -0.1) is 0 Å². The first-order valence-electron chi connectivity index (χ1n) is 6.81. The summed E-state index contributed by atoms with van der Waals surface area (Å²) >= 11 is 0. The van der Waals surface area contributed by atoms with Gasteiger partial charge in [-0.1, -0.05) is 36.4 Å². The van der Waals surface area contributed by atoms with Gasteiger partial charge in [0.25, 0.3) is 0 Å². The van der Waals surface area contributed by atoms with E-state index in [1.165, 1.54) is 11.1 Å². The summed E-state index contributed by atoms with van der Waals surface area (Å²) in [6.45, 7) is 2.71. The lowest BCUT2D eigenvalue weighted by Gasteiger charge is -2.31. The first kappa shape index (κ1) is 12.7. The molecule has 0 aliphatic heterocycles. The van der Waals surface area contributed by atoms with Crippen molar-refractivity contribution < 1.29 is 9.90 Å². The van der Waals surface area contributed by atoms with E-state index < -0.39 is 5.97 Å². The predicted molar refractivity (Wildman–Crippen MR) is 79.5 cm³/mol. The number of carboxylic acids is 1. The van der Waals surface area contributed by atoms with Crippen LogP contribution in [0.4, 0.5) is 5.69 Å². The van der Waals surface area contributed by atoms with E-state index in [1.54, 1.807) is 12.1 Å². The molecular weight excluding hydrogens is 250 g/mol. The fourth-order valence-corrected chi connectivity index (χ4v) is 2.85. The Balaban J connectivity index is 1.76. The molecule has 1 aliphatic carbocycles. The van der Waals surface area contributed by atoms with Crippen LogP contribution in [0.25, 0.3) is 0 Å². The van der Waals surface area contributed by atoms with Crippen LogP contribution < -0.4 is 5.32 Å². The zero-order valence-corrected chi connectivity index (χ0v) is 11.4. The van der Waals surface area contributed by atoms with Gasteiger partial charge in [0.15, 0.2) is 0 Å². The second kappa shape index (κ2) is 5.00. The number of anilines is 1. The van der Waals surface area contributed by atoms with Gasteiger partial charge in [0.05, 0.1) is 11.3 Å². The van der Waals surface area contributed by atoms with Gasteiger partial charge in [-0.25, -0.2) is 4.79 Å². The number of carbonyl (C=O) groups is 1. The average Bonchev–Trinajstić information content (AvgIpc) is 2.41. The zero-order chi connectivity index (χ0) is 14.1. The summed E-state index contributed by atoms with van der Waals surface area (Å²) in [5, 5.41) is 12.6. The van der Waals surface area contributed by atoms with Gasteiger partial charge in [-0.05, 0) is 36.1 Å². The molecule has 0 amide bonds. The number of carboxylic acid groups (broad SMARTS) is 1. The van der Waals surface area contributed by atoms with Crippen molar-refractivity contribution in [2.24, 2.45) is 0 Å². The van der Waals surface area contributed by atoms with Gasteiger partial charge >= 0.3 is 5.97 Å². The van der Waals surface area contributed by atoms with Gasteiger partial charge in [0, 0.05) is 12.5 Å². The van der Waals surface area contributed by atoms with E-state index in [0.717, 1.165) is 24.2 Å². The van der Waals surface area contributed by atoms with E-state index in [2.05, 4.69) is 29.6 Å². The summed E-state index contributed by atoms with van der Waals surface area (Å²) < 4.78 is 0. The highest BCUT2D eigenvalue weighted by molar-refractivity contribution is 5.95. The minimum absolute atomic E-state index is 0.345. The number of aryl methyl sites for hydroxylation is 1. The molecule has 0 aromatic heterocycles. The highest BCUT2D eigenvalue weighted by Crippen LogP contribution is 2.35. The van der Waals surface area contributed by atoms with Gasteiger partial charge in [0.1, 0.15) is 0 Å². The van der Waals surface area contributed by atoms with Crippen LogP contribution in [0.3, 0.4) is 0 Å². The summed E-state index contributed by atoms with van der Waals surface area (Å²) in [5.74, 6) is -0.405. The maximum absolute atomic E-state index is 11.3. The Hall–Kier alpha value is -2.29. The van der Waals surface area contributed by atoms with Crippen LogP contribution in [0.15, 0.2) is 42.5 Å². The molecule has 0 spiro atoms. The van der Waals surface area contributed by atoms with Crippen molar-refractivity contribution in [3.63, 3.8) is 0 Å². The number of nitrogens with one attached hydrogen (secondary N) is 1. The SMILES string of the molecule is Cc1cccc(C(=O)O)c1NCC1Cc2ccccc21. The lowest BCUT2D eigenvalue weighted by molar-refractivity contribution is 0.0698. The number of benzene rings is 2. The Morgan fingerprint density at radius 3 is 2.80 bits per heavy atom. The van der Waals surface area contributed by atoms with Crippen LogP contribution in [0, 0.1) is 6.92 Å². The highest BCUT2D eigenvalue weighted by atomic mass is 16.4. The molecule has 3 nitrogen and oxygen atoms in total. The summed E-state index contributed by atoms with van der Waals surface area (Å²) in [5.41, 5.74) is 4.84. The van der Waals surface area contributed by atoms with E-state index in [-0.39, 0.29) is 0 Å². The van der Waals surface area contributed by atoms with Crippen molar-refractivity contribution in [3.8, 4) is 0 Å². The third-order valence-corrected chi connectivity index (χ3v) is 3.99. The van der Waals surface area contributed by atoms with Crippen molar-refractivity contribution in [2.45, 2.75) is 19.3 Å². The molecule has 1 atom stereocenters. The number of fused-ring (bicyclic) bond motifs is 1. The molecule has 2 aromatic carbocycles. The molecule has 1 aliphatic rings. The van der Waals surface area contributed by atoms with Crippen LogP contribution in [0.2, 0.25) is 0 Å². The standard InChI is InChI=1S/C17H17NO2/c1-11-5-4-8-15(17(19)20)16(11)18-10-13-9-12-6-2-3-7-14(12)13/h2-8,13,18H,9-10H2,1H3,(H,19,20). The number of hydrogen-bond acceptors (Lipinski definition) is 2. The van der Waals surface area contributed by atoms with Crippen LogP contribution in [-0.4, -0.2) is 17.6 Å². The fraction of sp³-hybridized carbons (Fsp3) is 0.235. The number of hydrogen-bond donors (Lipinski definition) is 2. The topological polar surface area (TPSA) is 49.3 Å². The van der Waals surface area contributed by atoms with E-state index in [4.69, 9.17) is 0 Å². The molecule has 102 valence electrons. The summed E-state index contributed by atoms with van der Waals surface area (Å²) in [4.78, 5) is 11.3. The summed E-state index contributed by atoms with van der Waals surface area (Å²) in [6.07, 6.45) is 1.07. The largest absolute Gasteiger partial charge is 0.478 e. The fourth-order valence-electron chi connectivity index (χ4n) is 2.85. The Morgan fingerprint density at radius 2 is 2.05 bits per heavy atom. The first-order chi connectivity index (χ1) is 9.66. The third kappa shape index (κ3) is 2.16. The summed E-state index contributed by atoms with van der Waals surface area (Å²) in [7, 11) is 0. The Morgan fingerprint density at radius 1 is 1.25 bits per heavy atom. The van der Waals surface area contributed by atoms with Gasteiger partial charge in [0.2, 0.25) is 0 Å². The van der Waals surface area contributed by atoms with E-state index in [9.17, 15) is 9.90 Å². The molecule has 3 rings (SSSR count). The molecule has 3 heteroatoms. The molecule has 0 radical (unpaired) electrons. The smallest absolute Gasteiger partial charge is 0.337 e. The molecule has 2 aromatic rings. The number of aromatic carboxylic acids is 1. The average molecular weight is 267 g/mol. The molecule has 0 saturated carbocycles. The van der Waals surface area contributed by atoms with Gasteiger partial charge in [-0.3, -0.25) is 0 Å². The highest BCUT2D eigenvalue weighted by Gasteiger charge is 2.25. The zero-order valence-electron chi connectivity index (χ0n) is 11.4. The molecule has 2 N–H and O–H groups in total. The van der Waals surface area contributed by atoms with Crippen LogP contribution in [0.5, 0.6) is 0 Å². The van der Waals surface area contributed by atoms with Crippen LogP contribution in [-0.2, 0) is 6.42 Å². The molecule has 1 unspecified atom stereocenters. The van der Waals surface area contributed by atoms with Crippen LogP contribution in [0.1, 0.15) is 33.0 Å². The quantitative estimate of drug-likeness (QED) is 0.892. The van der Waals surface area contributed by atoms with Gasteiger partial charge < -0.3 is 10.4 Å². The van der Waals surface area contributed by atoms with Crippen LogP contribution >= 0.6 is 0 Å². The predicted octanol–water partition coefficient (Wildman–Crippen LogP) is 3.45. The van der Waals surface area contributed by atoms with E-state index in [1.807, 2.05) is 13.0 Å².